The summed E-state index contributed by atoms with van der Waals surface area (Å²) < 4.78 is 11.9. The summed E-state index contributed by atoms with van der Waals surface area (Å²) in [6.07, 6.45) is 0. The Morgan fingerprint density at radius 2 is 1.08 bits per heavy atom. The van der Waals surface area contributed by atoms with Gasteiger partial charge in [-0.15, -0.1) is 0 Å². The quantitative estimate of drug-likeness (QED) is 0.436. The fourth-order valence-electron chi connectivity index (χ4n) is 4.41. The molecule has 0 bridgehead atoms. The van der Waals surface area contributed by atoms with E-state index in [0.29, 0.717) is 36.8 Å². The molecule has 0 fully saturated rings. The lowest BCUT2D eigenvalue weighted by Gasteiger charge is -2.28. The Morgan fingerprint density at radius 1 is 0.718 bits per heavy atom. The molecule has 4 atom stereocenters. The monoisotopic (exact) mass is 532 g/mol. The van der Waals surface area contributed by atoms with Gasteiger partial charge in [-0.1, -0.05) is 88.4 Å². The van der Waals surface area contributed by atoms with Crippen LogP contribution in [0, 0.1) is 17.3 Å². The third-order valence-corrected chi connectivity index (χ3v) is 7.38. The topological polar surface area (TPSA) is 101 Å². The summed E-state index contributed by atoms with van der Waals surface area (Å²) in [5.41, 5.74) is 0.259. The molecule has 2 amide bonds. The molecular formula is C31H40N4O4. The number of aliphatic imine (C=N–C) groups is 2. The van der Waals surface area contributed by atoms with Gasteiger partial charge in [-0.25, -0.2) is 9.98 Å². The maximum Gasteiger partial charge on any atom is 0.236 e. The molecule has 4 rings (SSSR count). The van der Waals surface area contributed by atoms with Crippen molar-refractivity contribution in [2.24, 2.45) is 27.2 Å². The number of carbonyl (C=O) groups is 2. The highest BCUT2D eigenvalue weighted by Gasteiger charge is 2.41. The van der Waals surface area contributed by atoms with E-state index in [2.05, 4.69) is 38.3 Å². The summed E-state index contributed by atoms with van der Waals surface area (Å²) in [5.74, 6) is 0.661. The van der Waals surface area contributed by atoms with Gasteiger partial charge in [0.05, 0.1) is 12.1 Å². The lowest BCUT2D eigenvalue weighted by atomic mass is 9.89. The summed E-state index contributed by atoms with van der Waals surface area (Å²) in [5, 5.41) is 6.09. The summed E-state index contributed by atoms with van der Waals surface area (Å²) >= 11 is 0. The second-order valence-electron chi connectivity index (χ2n) is 11.4. The highest BCUT2D eigenvalue weighted by Crippen LogP contribution is 2.28. The van der Waals surface area contributed by atoms with E-state index in [1.54, 1.807) is 13.8 Å². The molecular weight excluding hydrogens is 492 g/mol. The minimum atomic E-state index is -1.41. The Kier molecular flexibility index (Phi) is 8.73. The van der Waals surface area contributed by atoms with Crippen LogP contribution in [-0.4, -0.2) is 48.9 Å². The molecule has 0 radical (unpaired) electrons. The van der Waals surface area contributed by atoms with Crippen LogP contribution in [0.2, 0.25) is 0 Å². The third kappa shape index (κ3) is 6.49. The van der Waals surface area contributed by atoms with E-state index < -0.39 is 29.3 Å². The van der Waals surface area contributed by atoms with Crippen LogP contribution >= 0.6 is 0 Å². The Bertz CT molecular complexity index is 1110. The second-order valence-corrected chi connectivity index (χ2v) is 11.4. The van der Waals surface area contributed by atoms with Gasteiger partial charge in [0.2, 0.25) is 23.6 Å². The first-order valence-electron chi connectivity index (χ1n) is 13.7. The molecule has 0 aromatic heterocycles. The van der Waals surface area contributed by atoms with Gasteiger partial charge in [0, 0.05) is 0 Å². The number of hydrogen-bond acceptors (Lipinski definition) is 6. The van der Waals surface area contributed by atoms with Crippen LogP contribution in [0.25, 0.3) is 0 Å². The number of nitrogens with zero attached hydrogens (tertiary/aromatic N) is 2. The number of benzene rings is 2. The standard InChI is InChI=1S/C31H40N4O4/c1-19(2)23-17-38-27(32-23)25(21-13-9-7-10-14-21)34-29(36)31(5,6)30(37)35-26(22-15-11-8-12-16-22)28-33-24(18-39-28)20(3)4/h7-16,19-20,23-26H,17-18H2,1-6H3,(H,34,36)(H,35,37)/t23-,24-,25-,26-/m1/s1. The Hall–Kier alpha value is -3.68. The number of hydrogen-bond donors (Lipinski definition) is 2. The van der Waals surface area contributed by atoms with Gasteiger partial charge >= 0.3 is 0 Å². The van der Waals surface area contributed by atoms with Gasteiger partial charge in [-0.2, -0.15) is 0 Å². The Balaban J connectivity index is 1.56. The van der Waals surface area contributed by atoms with E-state index in [-0.39, 0.29) is 12.1 Å². The van der Waals surface area contributed by atoms with Crippen LogP contribution in [0.5, 0.6) is 0 Å². The maximum absolute atomic E-state index is 13.7. The van der Waals surface area contributed by atoms with E-state index in [9.17, 15) is 9.59 Å². The molecule has 2 aromatic carbocycles. The van der Waals surface area contributed by atoms with Crippen molar-refractivity contribution in [3.05, 3.63) is 71.8 Å². The van der Waals surface area contributed by atoms with Crippen molar-refractivity contribution < 1.29 is 19.1 Å². The average molecular weight is 533 g/mol. The summed E-state index contributed by atoms with van der Waals surface area (Å²) in [4.78, 5) is 36.9. The van der Waals surface area contributed by atoms with E-state index in [0.717, 1.165) is 11.1 Å². The first-order chi connectivity index (χ1) is 18.6. The average Bonchev–Trinajstić information content (AvgIpc) is 3.62. The number of rotatable bonds is 10. The van der Waals surface area contributed by atoms with Crippen LogP contribution in [-0.2, 0) is 19.1 Å². The van der Waals surface area contributed by atoms with Gasteiger partial charge in [-0.05, 0) is 36.8 Å². The molecule has 39 heavy (non-hydrogen) atoms. The zero-order valence-corrected chi connectivity index (χ0v) is 23.7. The predicted molar refractivity (Wildman–Crippen MR) is 152 cm³/mol. The van der Waals surface area contributed by atoms with Gasteiger partial charge in [0.15, 0.2) is 0 Å². The molecule has 8 nitrogen and oxygen atoms in total. The van der Waals surface area contributed by atoms with Crippen molar-refractivity contribution in [1.82, 2.24) is 10.6 Å². The van der Waals surface area contributed by atoms with Crippen LogP contribution in [0.1, 0.15) is 64.8 Å². The van der Waals surface area contributed by atoms with Gasteiger partial charge in [0.25, 0.3) is 0 Å². The molecule has 0 spiro atoms. The summed E-state index contributed by atoms with van der Waals surface area (Å²) in [7, 11) is 0. The molecule has 2 aliphatic rings. The number of ether oxygens (including phenoxy) is 2. The number of carbonyl (C=O) groups excluding carboxylic acids is 2. The van der Waals surface area contributed by atoms with Gasteiger partial charge < -0.3 is 20.1 Å². The van der Waals surface area contributed by atoms with Crippen molar-refractivity contribution in [3.63, 3.8) is 0 Å². The van der Waals surface area contributed by atoms with Crippen molar-refractivity contribution in [2.75, 3.05) is 13.2 Å². The lowest BCUT2D eigenvalue weighted by Crippen LogP contribution is -2.51. The summed E-state index contributed by atoms with van der Waals surface area (Å²) in [6, 6.07) is 17.9. The molecule has 0 aliphatic carbocycles. The number of nitrogens with one attached hydrogen (secondary N) is 2. The second kappa shape index (κ2) is 12.0. The molecule has 0 saturated carbocycles. The zero-order chi connectivity index (χ0) is 28.2. The van der Waals surface area contributed by atoms with E-state index in [1.165, 1.54) is 0 Å². The minimum Gasteiger partial charge on any atom is -0.477 e. The zero-order valence-electron chi connectivity index (χ0n) is 23.7. The minimum absolute atomic E-state index is 0.0212. The highest BCUT2D eigenvalue weighted by atomic mass is 16.5. The van der Waals surface area contributed by atoms with E-state index in [1.807, 2.05) is 60.7 Å². The normalized spacial score (nSPS) is 20.5. The molecule has 8 heteroatoms. The molecule has 0 saturated heterocycles. The molecule has 2 heterocycles. The van der Waals surface area contributed by atoms with Gasteiger partial charge in [0.1, 0.15) is 30.7 Å². The first kappa shape index (κ1) is 28.3. The van der Waals surface area contributed by atoms with Crippen molar-refractivity contribution in [3.8, 4) is 0 Å². The Morgan fingerprint density at radius 3 is 1.38 bits per heavy atom. The van der Waals surface area contributed by atoms with Crippen molar-refractivity contribution in [1.29, 1.82) is 0 Å². The number of amides is 2. The first-order valence-corrected chi connectivity index (χ1v) is 13.7. The summed E-state index contributed by atoms with van der Waals surface area (Å²) in [6.45, 7) is 12.5. The van der Waals surface area contributed by atoms with Crippen LogP contribution in [0.15, 0.2) is 70.6 Å². The lowest BCUT2D eigenvalue weighted by molar-refractivity contribution is -0.141. The molecule has 0 unspecified atom stereocenters. The molecule has 2 aromatic rings. The highest BCUT2D eigenvalue weighted by molar-refractivity contribution is 6.06. The third-order valence-electron chi connectivity index (χ3n) is 7.38. The molecule has 2 N–H and O–H groups in total. The van der Waals surface area contributed by atoms with Crippen LogP contribution in [0.3, 0.4) is 0 Å². The fraction of sp³-hybridized carbons (Fsp3) is 0.484. The van der Waals surface area contributed by atoms with Crippen LogP contribution < -0.4 is 10.6 Å². The van der Waals surface area contributed by atoms with Crippen molar-refractivity contribution >= 4 is 23.6 Å². The smallest absolute Gasteiger partial charge is 0.236 e. The largest absolute Gasteiger partial charge is 0.477 e. The van der Waals surface area contributed by atoms with Crippen LogP contribution in [0.4, 0.5) is 0 Å². The van der Waals surface area contributed by atoms with Gasteiger partial charge in [-0.3, -0.25) is 9.59 Å². The molecule has 208 valence electrons. The van der Waals surface area contributed by atoms with E-state index in [4.69, 9.17) is 19.5 Å². The fourth-order valence-corrected chi connectivity index (χ4v) is 4.41. The predicted octanol–water partition coefficient (Wildman–Crippen LogP) is 4.63. The Labute approximate surface area is 231 Å². The SMILES string of the molecule is CC(C)[C@H]1COC([C@H](NC(=O)C(C)(C)C(=O)N[C@@H](C2=N[C@@H](C(C)C)CO2)c2ccccc2)c2ccccc2)=N1. The maximum atomic E-state index is 13.7. The van der Waals surface area contributed by atoms with Crippen molar-refractivity contribution in [2.45, 2.75) is 65.7 Å². The van der Waals surface area contributed by atoms with E-state index >= 15 is 0 Å². The molecule has 2 aliphatic heterocycles.